The number of likely N-dealkylation sites (N-methyl/N-ethyl adjacent to an activating group) is 1. The highest BCUT2D eigenvalue weighted by atomic mass is 16.6. The maximum atomic E-state index is 11.8. The number of nitro benzene ring substituents is 1. The Bertz CT molecular complexity index is 454. The molecular weight excluding hydrogens is 234 g/mol. The minimum absolute atomic E-state index is 0.0238. The van der Waals surface area contributed by atoms with Crippen molar-refractivity contribution in [3.8, 4) is 0 Å². The van der Waals surface area contributed by atoms with Crippen molar-refractivity contribution in [3.05, 3.63) is 34.4 Å². The molecule has 1 aliphatic rings. The standard InChI is InChI=1S/C12H15N3O3/c1-14(12(16)8-13-9-2-3-9)10-4-6-11(7-5-10)15(17)18/h4-7,9,13H,2-3,8H2,1H3. The summed E-state index contributed by atoms with van der Waals surface area (Å²) >= 11 is 0. The Kier molecular flexibility index (Phi) is 3.57. The summed E-state index contributed by atoms with van der Waals surface area (Å²) in [5.74, 6) is -0.0456. The van der Waals surface area contributed by atoms with Crippen LogP contribution in [0.5, 0.6) is 0 Å². The third-order valence-corrected chi connectivity index (χ3v) is 2.94. The van der Waals surface area contributed by atoms with E-state index in [0.29, 0.717) is 18.3 Å². The topological polar surface area (TPSA) is 75.5 Å². The summed E-state index contributed by atoms with van der Waals surface area (Å²) in [6.07, 6.45) is 2.27. The van der Waals surface area contributed by atoms with Gasteiger partial charge in [-0.25, -0.2) is 0 Å². The molecule has 1 N–H and O–H groups in total. The van der Waals surface area contributed by atoms with Crippen molar-refractivity contribution in [1.82, 2.24) is 5.32 Å². The van der Waals surface area contributed by atoms with Crippen molar-refractivity contribution in [2.24, 2.45) is 0 Å². The Morgan fingerprint density at radius 2 is 2.06 bits per heavy atom. The summed E-state index contributed by atoms with van der Waals surface area (Å²) in [7, 11) is 1.66. The van der Waals surface area contributed by atoms with E-state index in [9.17, 15) is 14.9 Å². The van der Waals surface area contributed by atoms with E-state index in [-0.39, 0.29) is 11.6 Å². The summed E-state index contributed by atoms with van der Waals surface area (Å²) in [5.41, 5.74) is 0.680. The maximum Gasteiger partial charge on any atom is 0.269 e. The van der Waals surface area contributed by atoms with Gasteiger partial charge in [-0.3, -0.25) is 14.9 Å². The number of nitro groups is 1. The van der Waals surface area contributed by atoms with Crippen LogP contribution < -0.4 is 10.2 Å². The molecule has 0 aliphatic heterocycles. The Balaban J connectivity index is 1.95. The number of nitrogens with zero attached hydrogens (tertiary/aromatic N) is 2. The van der Waals surface area contributed by atoms with E-state index in [4.69, 9.17) is 0 Å². The van der Waals surface area contributed by atoms with Gasteiger partial charge in [0, 0.05) is 30.9 Å². The Morgan fingerprint density at radius 1 is 1.44 bits per heavy atom. The fourth-order valence-electron chi connectivity index (χ4n) is 1.58. The van der Waals surface area contributed by atoms with Gasteiger partial charge in [0.25, 0.3) is 5.69 Å². The molecule has 1 aliphatic carbocycles. The molecule has 0 heterocycles. The first-order valence-corrected chi connectivity index (χ1v) is 5.82. The molecular formula is C12H15N3O3. The lowest BCUT2D eigenvalue weighted by Crippen LogP contribution is -2.36. The van der Waals surface area contributed by atoms with Crippen molar-refractivity contribution >= 4 is 17.3 Å². The highest BCUT2D eigenvalue weighted by Crippen LogP contribution is 2.20. The van der Waals surface area contributed by atoms with Crippen LogP contribution in [-0.4, -0.2) is 30.5 Å². The zero-order valence-corrected chi connectivity index (χ0v) is 10.1. The molecule has 1 amide bonds. The molecule has 2 rings (SSSR count). The molecule has 1 aromatic carbocycles. The number of amides is 1. The van der Waals surface area contributed by atoms with E-state index in [2.05, 4.69) is 5.32 Å². The summed E-state index contributed by atoms with van der Waals surface area (Å²) in [6.45, 7) is 0.304. The van der Waals surface area contributed by atoms with Crippen LogP contribution in [0.1, 0.15) is 12.8 Å². The minimum atomic E-state index is -0.458. The van der Waals surface area contributed by atoms with Gasteiger partial charge in [0.1, 0.15) is 0 Å². The van der Waals surface area contributed by atoms with Gasteiger partial charge in [0.2, 0.25) is 5.91 Å². The molecule has 0 radical (unpaired) electrons. The lowest BCUT2D eigenvalue weighted by atomic mass is 10.2. The van der Waals surface area contributed by atoms with Gasteiger partial charge in [0.05, 0.1) is 11.5 Å². The zero-order chi connectivity index (χ0) is 13.1. The van der Waals surface area contributed by atoms with E-state index in [1.807, 2.05) is 0 Å². The van der Waals surface area contributed by atoms with Gasteiger partial charge in [-0.1, -0.05) is 0 Å². The van der Waals surface area contributed by atoms with Crippen LogP contribution in [0.4, 0.5) is 11.4 Å². The molecule has 0 aromatic heterocycles. The zero-order valence-electron chi connectivity index (χ0n) is 10.1. The van der Waals surface area contributed by atoms with Crippen molar-refractivity contribution in [2.45, 2.75) is 18.9 Å². The minimum Gasteiger partial charge on any atom is -0.314 e. The molecule has 1 saturated carbocycles. The van der Waals surface area contributed by atoms with E-state index in [0.717, 1.165) is 12.8 Å². The number of anilines is 1. The number of nitrogens with one attached hydrogen (secondary N) is 1. The van der Waals surface area contributed by atoms with E-state index >= 15 is 0 Å². The smallest absolute Gasteiger partial charge is 0.269 e. The lowest BCUT2D eigenvalue weighted by Gasteiger charge is -2.17. The molecule has 1 aromatic rings. The normalized spacial score (nSPS) is 14.3. The molecule has 1 fully saturated rings. The average molecular weight is 249 g/mol. The third-order valence-electron chi connectivity index (χ3n) is 2.94. The number of non-ortho nitro benzene ring substituents is 1. The Morgan fingerprint density at radius 3 is 2.56 bits per heavy atom. The number of benzene rings is 1. The van der Waals surface area contributed by atoms with E-state index in [1.54, 1.807) is 19.2 Å². The number of hydrogen-bond acceptors (Lipinski definition) is 4. The monoisotopic (exact) mass is 249 g/mol. The molecule has 6 nitrogen and oxygen atoms in total. The predicted molar refractivity (Wildman–Crippen MR) is 67.5 cm³/mol. The number of carbonyl (C=O) groups excluding carboxylic acids is 1. The van der Waals surface area contributed by atoms with Gasteiger partial charge in [-0.05, 0) is 25.0 Å². The van der Waals surface area contributed by atoms with Gasteiger partial charge in [-0.15, -0.1) is 0 Å². The van der Waals surface area contributed by atoms with Crippen LogP contribution >= 0.6 is 0 Å². The number of carbonyl (C=O) groups is 1. The van der Waals surface area contributed by atoms with Crippen LogP contribution in [-0.2, 0) is 4.79 Å². The lowest BCUT2D eigenvalue weighted by molar-refractivity contribution is -0.384. The first-order chi connectivity index (χ1) is 8.58. The summed E-state index contributed by atoms with van der Waals surface area (Å²) in [4.78, 5) is 23.4. The first-order valence-electron chi connectivity index (χ1n) is 5.82. The molecule has 0 spiro atoms. The molecule has 6 heteroatoms. The van der Waals surface area contributed by atoms with E-state index in [1.165, 1.54) is 17.0 Å². The molecule has 18 heavy (non-hydrogen) atoms. The summed E-state index contributed by atoms with van der Waals surface area (Å²) in [6, 6.07) is 6.43. The second-order valence-corrected chi connectivity index (χ2v) is 4.38. The van der Waals surface area contributed by atoms with Gasteiger partial charge in [-0.2, -0.15) is 0 Å². The fraction of sp³-hybridized carbons (Fsp3) is 0.417. The average Bonchev–Trinajstić information content (AvgIpc) is 3.19. The van der Waals surface area contributed by atoms with Crippen molar-refractivity contribution in [3.63, 3.8) is 0 Å². The predicted octanol–water partition coefficient (Wildman–Crippen LogP) is 1.31. The first kappa shape index (κ1) is 12.5. The van der Waals surface area contributed by atoms with Gasteiger partial charge >= 0.3 is 0 Å². The van der Waals surface area contributed by atoms with Crippen LogP contribution in [0, 0.1) is 10.1 Å². The fourth-order valence-corrected chi connectivity index (χ4v) is 1.58. The largest absolute Gasteiger partial charge is 0.314 e. The van der Waals surface area contributed by atoms with Gasteiger partial charge < -0.3 is 10.2 Å². The molecule has 0 unspecified atom stereocenters. The summed E-state index contributed by atoms with van der Waals surface area (Å²) < 4.78 is 0. The van der Waals surface area contributed by atoms with Crippen LogP contribution in [0.15, 0.2) is 24.3 Å². The summed E-state index contributed by atoms with van der Waals surface area (Å²) in [5, 5.41) is 13.7. The second-order valence-electron chi connectivity index (χ2n) is 4.38. The molecule has 96 valence electrons. The quantitative estimate of drug-likeness (QED) is 0.630. The highest BCUT2D eigenvalue weighted by molar-refractivity contribution is 5.94. The molecule has 0 bridgehead atoms. The SMILES string of the molecule is CN(C(=O)CNC1CC1)c1ccc([N+](=O)[O-])cc1. The third kappa shape index (κ3) is 3.04. The number of rotatable bonds is 5. The highest BCUT2D eigenvalue weighted by Gasteiger charge is 2.22. The van der Waals surface area contributed by atoms with Gasteiger partial charge in [0.15, 0.2) is 0 Å². The molecule has 0 atom stereocenters. The molecule has 0 saturated heterocycles. The Hall–Kier alpha value is -1.95. The van der Waals surface area contributed by atoms with Crippen LogP contribution in [0.3, 0.4) is 0 Å². The van der Waals surface area contributed by atoms with Crippen molar-refractivity contribution < 1.29 is 9.72 Å². The van der Waals surface area contributed by atoms with Crippen LogP contribution in [0.25, 0.3) is 0 Å². The van der Waals surface area contributed by atoms with Crippen molar-refractivity contribution in [1.29, 1.82) is 0 Å². The van der Waals surface area contributed by atoms with Crippen molar-refractivity contribution in [2.75, 3.05) is 18.5 Å². The second kappa shape index (κ2) is 5.14. The maximum absolute atomic E-state index is 11.8. The Labute approximate surface area is 105 Å². The van der Waals surface area contributed by atoms with Crippen LogP contribution in [0.2, 0.25) is 0 Å². The van der Waals surface area contributed by atoms with E-state index < -0.39 is 4.92 Å². The number of hydrogen-bond donors (Lipinski definition) is 1.